The minimum atomic E-state index is -4.51. The molecule has 0 aliphatic rings. The number of rotatable bonds is 7. The molecule has 0 heterocycles. The van der Waals surface area contributed by atoms with Gasteiger partial charge in [0.1, 0.15) is 0 Å². The van der Waals surface area contributed by atoms with Crippen molar-refractivity contribution in [3.63, 3.8) is 0 Å². The number of fused-ring (bicyclic) bond motifs is 1. The van der Waals surface area contributed by atoms with Gasteiger partial charge >= 0.3 is 12.1 Å². The molecule has 7 heteroatoms. The van der Waals surface area contributed by atoms with Crippen LogP contribution in [0.25, 0.3) is 10.8 Å². The van der Waals surface area contributed by atoms with E-state index in [1.165, 1.54) is 0 Å². The molecule has 0 radical (unpaired) electrons. The van der Waals surface area contributed by atoms with Gasteiger partial charge in [0.05, 0.1) is 11.3 Å². The lowest BCUT2D eigenvalue weighted by molar-refractivity contribution is -0.213. The molecule has 0 saturated carbocycles. The first-order valence-electron chi connectivity index (χ1n) is 8.53. The number of aliphatic carboxylic acids is 1. The van der Waals surface area contributed by atoms with E-state index in [-0.39, 0.29) is 13.0 Å². The minimum Gasteiger partial charge on any atom is -0.481 e. The highest BCUT2D eigenvalue weighted by atomic mass is 19.4. The predicted octanol–water partition coefficient (Wildman–Crippen LogP) is 4.18. The van der Waals surface area contributed by atoms with Crippen LogP contribution in [-0.2, 0) is 16.0 Å². The molecule has 2 rings (SSSR count). The quantitative estimate of drug-likeness (QED) is 0.756. The zero-order chi connectivity index (χ0) is 20.2. The molecule has 0 fully saturated rings. The lowest BCUT2D eigenvalue weighted by Crippen LogP contribution is -2.40. The summed E-state index contributed by atoms with van der Waals surface area (Å²) in [5.41, 5.74) is -1.39. The molecule has 2 N–H and O–H groups in total. The first-order valence-corrected chi connectivity index (χ1v) is 8.53. The highest BCUT2D eigenvalue weighted by Crippen LogP contribution is 2.40. The summed E-state index contributed by atoms with van der Waals surface area (Å²) in [5.74, 6) is -2.86. The standard InChI is InChI=1S/C20H22F3NO3/c1-19(2,20(21,22)23)11-17(25)24-12-16(18(26)27)10-13-7-8-14-5-3-4-6-15(14)9-13/h3-9,16H,10-12H2,1-2H3,(H,24,25)(H,26,27). The second-order valence-electron chi connectivity index (χ2n) is 7.28. The molecule has 2 aromatic carbocycles. The Labute approximate surface area is 155 Å². The van der Waals surface area contributed by atoms with Gasteiger partial charge in [-0.05, 0) is 22.8 Å². The van der Waals surface area contributed by atoms with Gasteiger partial charge in [0.25, 0.3) is 0 Å². The molecule has 1 unspecified atom stereocenters. The Bertz CT molecular complexity index is 831. The number of amides is 1. The van der Waals surface area contributed by atoms with E-state index in [1.807, 2.05) is 42.5 Å². The van der Waals surface area contributed by atoms with E-state index >= 15 is 0 Å². The molecule has 0 aliphatic carbocycles. The molecule has 0 spiro atoms. The van der Waals surface area contributed by atoms with E-state index in [9.17, 15) is 27.9 Å². The van der Waals surface area contributed by atoms with E-state index < -0.39 is 35.8 Å². The van der Waals surface area contributed by atoms with Crippen LogP contribution in [0, 0.1) is 11.3 Å². The molecule has 1 atom stereocenters. The zero-order valence-corrected chi connectivity index (χ0v) is 15.1. The van der Waals surface area contributed by atoms with E-state index in [4.69, 9.17) is 0 Å². The Kier molecular flexibility index (Phi) is 6.13. The van der Waals surface area contributed by atoms with Crippen LogP contribution < -0.4 is 5.32 Å². The first kappa shape index (κ1) is 20.7. The fourth-order valence-electron chi connectivity index (χ4n) is 2.70. The number of carboxylic acid groups (broad SMARTS) is 1. The highest BCUT2D eigenvalue weighted by molar-refractivity contribution is 5.83. The second-order valence-corrected chi connectivity index (χ2v) is 7.28. The van der Waals surface area contributed by atoms with Crippen LogP contribution in [0.2, 0.25) is 0 Å². The minimum absolute atomic E-state index is 0.170. The normalized spacial score (nSPS) is 13.4. The maximum absolute atomic E-state index is 12.9. The Morgan fingerprint density at radius 2 is 1.70 bits per heavy atom. The Morgan fingerprint density at radius 1 is 1.07 bits per heavy atom. The van der Waals surface area contributed by atoms with Crippen molar-refractivity contribution in [2.75, 3.05) is 6.54 Å². The zero-order valence-electron chi connectivity index (χ0n) is 15.1. The van der Waals surface area contributed by atoms with E-state index in [2.05, 4.69) is 5.32 Å². The fourth-order valence-corrected chi connectivity index (χ4v) is 2.70. The van der Waals surface area contributed by atoms with Gasteiger partial charge in [-0.1, -0.05) is 56.3 Å². The Hall–Kier alpha value is -2.57. The average molecular weight is 381 g/mol. The van der Waals surface area contributed by atoms with Crippen molar-refractivity contribution in [1.29, 1.82) is 0 Å². The molecular formula is C20H22F3NO3. The molecule has 0 bridgehead atoms. The third kappa shape index (κ3) is 5.45. The molecule has 27 heavy (non-hydrogen) atoms. The third-order valence-corrected chi connectivity index (χ3v) is 4.56. The number of carbonyl (C=O) groups excluding carboxylic acids is 1. The molecule has 146 valence electrons. The number of benzene rings is 2. The van der Waals surface area contributed by atoms with Crippen molar-refractivity contribution >= 4 is 22.6 Å². The lowest BCUT2D eigenvalue weighted by Gasteiger charge is -2.27. The number of carboxylic acids is 1. The number of nitrogens with one attached hydrogen (secondary N) is 1. The molecule has 0 aromatic heterocycles. The third-order valence-electron chi connectivity index (χ3n) is 4.56. The maximum atomic E-state index is 12.9. The topological polar surface area (TPSA) is 66.4 Å². The SMILES string of the molecule is CC(C)(CC(=O)NCC(Cc1ccc2ccccc2c1)C(=O)O)C(F)(F)F. The molecule has 4 nitrogen and oxygen atoms in total. The highest BCUT2D eigenvalue weighted by Gasteiger charge is 2.48. The van der Waals surface area contributed by atoms with Crippen LogP contribution in [0.3, 0.4) is 0 Å². The molecule has 2 aromatic rings. The summed E-state index contributed by atoms with van der Waals surface area (Å²) in [4.78, 5) is 23.3. The van der Waals surface area contributed by atoms with Crippen LogP contribution in [-0.4, -0.2) is 29.7 Å². The summed E-state index contributed by atoms with van der Waals surface area (Å²) in [7, 11) is 0. The summed E-state index contributed by atoms with van der Waals surface area (Å²) in [6.45, 7) is 1.65. The van der Waals surface area contributed by atoms with E-state index in [0.29, 0.717) is 0 Å². The molecule has 1 amide bonds. The summed E-state index contributed by atoms with van der Waals surface area (Å²) < 4.78 is 38.6. The van der Waals surface area contributed by atoms with Crippen LogP contribution >= 0.6 is 0 Å². The van der Waals surface area contributed by atoms with Gasteiger partial charge in [0.2, 0.25) is 5.91 Å². The Balaban J connectivity index is 2.01. The number of carbonyl (C=O) groups is 2. The number of hydrogen-bond acceptors (Lipinski definition) is 2. The maximum Gasteiger partial charge on any atom is 0.394 e. The second kappa shape index (κ2) is 7.98. The first-order chi connectivity index (χ1) is 12.5. The largest absolute Gasteiger partial charge is 0.481 e. The number of halogens is 3. The van der Waals surface area contributed by atoms with Crippen LogP contribution in [0.1, 0.15) is 25.8 Å². The van der Waals surface area contributed by atoms with Crippen molar-refractivity contribution < 1.29 is 27.9 Å². The summed E-state index contributed by atoms with van der Waals surface area (Å²) in [6.07, 6.45) is -5.09. The van der Waals surface area contributed by atoms with E-state index in [1.54, 1.807) is 0 Å². The smallest absolute Gasteiger partial charge is 0.394 e. The Morgan fingerprint density at radius 3 is 2.30 bits per heavy atom. The summed E-state index contributed by atoms with van der Waals surface area (Å²) in [6, 6.07) is 13.2. The number of alkyl halides is 3. The average Bonchev–Trinajstić information content (AvgIpc) is 2.56. The van der Waals surface area contributed by atoms with Crippen LogP contribution in [0.4, 0.5) is 13.2 Å². The molecular weight excluding hydrogens is 359 g/mol. The van der Waals surface area contributed by atoms with Gasteiger partial charge < -0.3 is 10.4 Å². The monoisotopic (exact) mass is 381 g/mol. The van der Waals surface area contributed by atoms with Crippen molar-refractivity contribution in [3.05, 3.63) is 48.0 Å². The van der Waals surface area contributed by atoms with Crippen molar-refractivity contribution in [3.8, 4) is 0 Å². The van der Waals surface area contributed by atoms with Gasteiger partial charge in [-0.25, -0.2) is 0 Å². The van der Waals surface area contributed by atoms with Crippen molar-refractivity contribution in [2.45, 2.75) is 32.9 Å². The van der Waals surface area contributed by atoms with Gasteiger partial charge in [-0.3, -0.25) is 9.59 Å². The lowest BCUT2D eigenvalue weighted by atomic mass is 9.88. The van der Waals surface area contributed by atoms with Gasteiger partial charge in [-0.15, -0.1) is 0 Å². The predicted molar refractivity (Wildman–Crippen MR) is 96.2 cm³/mol. The van der Waals surface area contributed by atoms with E-state index in [0.717, 1.165) is 30.2 Å². The van der Waals surface area contributed by atoms with Crippen molar-refractivity contribution in [2.24, 2.45) is 11.3 Å². The molecule has 0 saturated heterocycles. The summed E-state index contributed by atoms with van der Waals surface area (Å²) in [5, 5.41) is 13.7. The van der Waals surface area contributed by atoms with Crippen LogP contribution in [0.15, 0.2) is 42.5 Å². The van der Waals surface area contributed by atoms with Crippen LogP contribution in [0.5, 0.6) is 0 Å². The van der Waals surface area contributed by atoms with Gasteiger partial charge in [0.15, 0.2) is 0 Å². The number of hydrogen-bond donors (Lipinski definition) is 2. The van der Waals surface area contributed by atoms with Gasteiger partial charge in [0, 0.05) is 13.0 Å². The molecule has 0 aliphatic heterocycles. The summed E-state index contributed by atoms with van der Waals surface area (Å²) >= 11 is 0. The van der Waals surface area contributed by atoms with Crippen molar-refractivity contribution in [1.82, 2.24) is 5.32 Å². The van der Waals surface area contributed by atoms with Gasteiger partial charge in [-0.2, -0.15) is 13.2 Å². The fraction of sp³-hybridized carbons (Fsp3) is 0.400.